The molecule has 0 fully saturated rings. The summed E-state index contributed by atoms with van der Waals surface area (Å²) in [5.74, 6) is 0.675. The van der Waals surface area contributed by atoms with E-state index < -0.39 is 0 Å². The van der Waals surface area contributed by atoms with Crippen molar-refractivity contribution in [3.63, 3.8) is 0 Å². The average molecular weight is 303 g/mol. The van der Waals surface area contributed by atoms with Gasteiger partial charge in [-0.05, 0) is 52.0 Å². The van der Waals surface area contributed by atoms with Gasteiger partial charge in [0, 0.05) is 27.0 Å². The zero-order valence-electron chi connectivity index (χ0n) is 10.5. The van der Waals surface area contributed by atoms with Gasteiger partial charge in [-0.25, -0.2) is 4.98 Å². The van der Waals surface area contributed by atoms with Crippen LogP contribution >= 0.6 is 15.9 Å². The molecule has 0 bridgehead atoms. The van der Waals surface area contributed by atoms with E-state index in [4.69, 9.17) is 0 Å². The molecule has 0 spiro atoms. The summed E-state index contributed by atoms with van der Waals surface area (Å²) in [5, 5.41) is 2.43. The second kappa shape index (κ2) is 4.39. The molecule has 3 rings (SSSR count). The van der Waals surface area contributed by atoms with Gasteiger partial charge in [-0.3, -0.25) is 0 Å². The van der Waals surface area contributed by atoms with Crippen LogP contribution in [0.5, 0.6) is 0 Å². The Kier molecular flexibility index (Phi) is 2.86. The van der Waals surface area contributed by atoms with Gasteiger partial charge in [0.1, 0.15) is 5.65 Å². The second-order valence-corrected chi connectivity index (χ2v) is 5.97. The standard InChI is InChI=1S/C15H15BrN2/c1-9(2)7-10-3-4-13-11(8-10)14-12(16)5-6-17-15(14)18-13/h3-6,8-9H,7H2,1-2H3,(H,17,18). The number of fused-ring (bicyclic) bond motifs is 3. The highest BCUT2D eigenvalue weighted by Crippen LogP contribution is 2.31. The number of nitrogens with one attached hydrogen (secondary N) is 1. The Hall–Kier alpha value is -1.35. The van der Waals surface area contributed by atoms with E-state index in [0.717, 1.165) is 22.1 Å². The van der Waals surface area contributed by atoms with Crippen LogP contribution in [0, 0.1) is 5.92 Å². The number of hydrogen-bond donors (Lipinski definition) is 1. The van der Waals surface area contributed by atoms with E-state index in [-0.39, 0.29) is 0 Å². The van der Waals surface area contributed by atoms with Crippen molar-refractivity contribution < 1.29 is 0 Å². The highest BCUT2D eigenvalue weighted by Gasteiger charge is 2.09. The number of halogens is 1. The van der Waals surface area contributed by atoms with Gasteiger partial charge in [0.25, 0.3) is 0 Å². The maximum Gasteiger partial charge on any atom is 0.139 e. The number of pyridine rings is 1. The summed E-state index contributed by atoms with van der Waals surface area (Å²) in [6.45, 7) is 4.49. The van der Waals surface area contributed by atoms with Crippen molar-refractivity contribution >= 4 is 37.9 Å². The molecular weight excluding hydrogens is 288 g/mol. The summed E-state index contributed by atoms with van der Waals surface area (Å²) in [5.41, 5.74) is 3.48. The smallest absolute Gasteiger partial charge is 0.139 e. The van der Waals surface area contributed by atoms with E-state index in [0.29, 0.717) is 5.92 Å². The lowest BCUT2D eigenvalue weighted by Gasteiger charge is -2.04. The Morgan fingerprint density at radius 1 is 1.28 bits per heavy atom. The van der Waals surface area contributed by atoms with Crippen LogP contribution in [0.4, 0.5) is 0 Å². The van der Waals surface area contributed by atoms with Gasteiger partial charge < -0.3 is 4.98 Å². The van der Waals surface area contributed by atoms with Crippen LogP contribution in [0.3, 0.4) is 0 Å². The quantitative estimate of drug-likeness (QED) is 0.732. The number of rotatable bonds is 2. The molecule has 1 aromatic carbocycles. The van der Waals surface area contributed by atoms with Crippen molar-refractivity contribution in [3.05, 3.63) is 40.5 Å². The molecule has 0 aliphatic rings. The third kappa shape index (κ3) is 1.93. The number of nitrogens with zero attached hydrogens (tertiary/aromatic N) is 1. The SMILES string of the molecule is CC(C)Cc1ccc2[nH]c3nccc(Br)c3c2c1. The fourth-order valence-corrected chi connectivity index (χ4v) is 2.94. The van der Waals surface area contributed by atoms with Crippen LogP contribution in [-0.4, -0.2) is 9.97 Å². The molecule has 18 heavy (non-hydrogen) atoms. The van der Waals surface area contributed by atoms with Crippen LogP contribution in [0.1, 0.15) is 19.4 Å². The lowest BCUT2D eigenvalue weighted by Crippen LogP contribution is -1.93. The summed E-state index contributed by atoms with van der Waals surface area (Å²) in [6.07, 6.45) is 2.93. The zero-order chi connectivity index (χ0) is 12.7. The molecule has 2 nitrogen and oxygen atoms in total. The minimum Gasteiger partial charge on any atom is -0.339 e. The van der Waals surface area contributed by atoms with Gasteiger partial charge >= 0.3 is 0 Å². The fraction of sp³-hybridized carbons (Fsp3) is 0.267. The molecule has 0 aliphatic carbocycles. The van der Waals surface area contributed by atoms with Gasteiger partial charge in [0.2, 0.25) is 0 Å². The van der Waals surface area contributed by atoms with Gasteiger partial charge in [-0.15, -0.1) is 0 Å². The van der Waals surface area contributed by atoms with E-state index in [1.54, 1.807) is 0 Å². The molecule has 2 aromatic heterocycles. The summed E-state index contributed by atoms with van der Waals surface area (Å²) in [7, 11) is 0. The first-order valence-corrected chi connectivity index (χ1v) is 6.99. The largest absolute Gasteiger partial charge is 0.339 e. The number of aromatic amines is 1. The Labute approximate surface area is 115 Å². The molecule has 3 aromatic rings. The Bertz CT molecular complexity index is 713. The third-order valence-electron chi connectivity index (χ3n) is 3.15. The minimum atomic E-state index is 0.675. The number of benzene rings is 1. The van der Waals surface area contributed by atoms with Crippen molar-refractivity contribution in [3.8, 4) is 0 Å². The molecule has 1 N–H and O–H groups in total. The molecule has 0 saturated heterocycles. The lowest BCUT2D eigenvalue weighted by molar-refractivity contribution is 0.648. The van der Waals surface area contributed by atoms with Crippen LogP contribution in [0.2, 0.25) is 0 Å². The van der Waals surface area contributed by atoms with Crippen LogP contribution < -0.4 is 0 Å². The predicted octanol–water partition coefficient (Wildman–Crippen LogP) is 4.68. The Morgan fingerprint density at radius 3 is 2.89 bits per heavy atom. The second-order valence-electron chi connectivity index (χ2n) is 5.12. The van der Waals surface area contributed by atoms with Crippen LogP contribution in [0.15, 0.2) is 34.9 Å². The first-order chi connectivity index (χ1) is 8.65. The maximum absolute atomic E-state index is 4.38. The van der Waals surface area contributed by atoms with Crippen molar-refractivity contribution in [2.24, 2.45) is 5.92 Å². The number of H-pyrrole nitrogens is 1. The zero-order valence-corrected chi connectivity index (χ0v) is 12.1. The monoisotopic (exact) mass is 302 g/mol. The average Bonchev–Trinajstić information content (AvgIpc) is 2.67. The van der Waals surface area contributed by atoms with Gasteiger partial charge in [0.15, 0.2) is 0 Å². The summed E-state index contributed by atoms with van der Waals surface area (Å²) >= 11 is 3.61. The van der Waals surface area contributed by atoms with E-state index >= 15 is 0 Å². The van der Waals surface area contributed by atoms with Crippen molar-refractivity contribution in [2.45, 2.75) is 20.3 Å². The van der Waals surface area contributed by atoms with Gasteiger partial charge in [-0.1, -0.05) is 19.9 Å². The minimum absolute atomic E-state index is 0.675. The predicted molar refractivity (Wildman–Crippen MR) is 79.8 cm³/mol. The van der Waals surface area contributed by atoms with Crippen molar-refractivity contribution in [1.82, 2.24) is 9.97 Å². The van der Waals surface area contributed by atoms with E-state index in [2.05, 4.69) is 57.9 Å². The molecule has 92 valence electrons. The molecule has 0 aliphatic heterocycles. The molecule has 3 heteroatoms. The highest BCUT2D eigenvalue weighted by atomic mass is 79.9. The van der Waals surface area contributed by atoms with Gasteiger partial charge in [-0.2, -0.15) is 0 Å². The van der Waals surface area contributed by atoms with Gasteiger partial charge in [0.05, 0.1) is 0 Å². The molecule has 0 saturated carbocycles. The van der Waals surface area contributed by atoms with Crippen molar-refractivity contribution in [2.75, 3.05) is 0 Å². The first-order valence-electron chi connectivity index (χ1n) is 6.20. The van der Waals surface area contributed by atoms with Crippen LogP contribution in [-0.2, 0) is 6.42 Å². The number of aromatic nitrogens is 2. The molecule has 0 amide bonds. The van der Waals surface area contributed by atoms with Crippen LogP contribution in [0.25, 0.3) is 21.9 Å². The molecule has 0 unspecified atom stereocenters. The lowest BCUT2D eigenvalue weighted by atomic mass is 10.0. The maximum atomic E-state index is 4.38. The molecular formula is C15H15BrN2. The van der Waals surface area contributed by atoms with Crippen molar-refractivity contribution in [1.29, 1.82) is 0 Å². The summed E-state index contributed by atoms with van der Waals surface area (Å²) in [6, 6.07) is 8.62. The Morgan fingerprint density at radius 2 is 2.11 bits per heavy atom. The Balaban J connectivity index is 2.28. The third-order valence-corrected chi connectivity index (χ3v) is 3.81. The summed E-state index contributed by atoms with van der Waals surface area (Å²) < 4.78 is 1.10. The fourth-order valence-electron chi connectivity index (χ4n) is 2.42. The normalized spacial score (nSPS) is 11.8. The topological polar surface area (TPSA) is 28.7 Å². The molecule has 2 heterocycles. The van der Waals surface area contributed by atoms with E-state index in [1.165, 1.54) is 16.3 Å². The first kappa shape index (κ1) is 11.7. The highest BCUT2D eigenvalue weighted by molar-refractivity contribution is 9.10. The van der Waals surface area contributed by atoms with E-state index in [1.807, 2.05) is 12.3 Å². The summed E-state index contributed by atoms with van der Waals surface area (Å²) in [4.78, 5) is 7.74. The molecule has 0 atom stereocenters. The van der Waals surface area contributed by atoms with E-state index in [9.17, 15) is 0 Å². The number of hydrogen-bond acceptors (Lipinski definition) is 1. The molecule has 0 radical (unpaired) electrons.